The first-order valence-electron chi connectivity index (χ1n) is 7.49. The number of carbonyl (C=O) groups is 1. The second-order valence-electron chi connectivity index (χ2n) is 5.23. The number of methoxy groups -OCH3 is 2. The zero-order chi connectivity index (χ0) is 17.5. The van der Waals surface area contributed by atoms with E-state index in [1.807, 2.05) is 31.2 Å². The molecule has 24 heavy (non-hydrogen) atoms. The second-order valence-corrected chi connectivity index (χ2v) is 5.67. The number of hydrogen-bond acceptors (Lipinski definition) is 3. The molecule has 0 unspecified atom stereocenters. The van der Waals surface area contributed by atoms with E-state index in [0.29, 0.717) is 16.5 Å². The van der Waals surface area contributed by atoms with Crippen LogP contribution in [0.3, 0.4) is 0 Å². The lowest BCUT2D eigenvalue weighted by Gasteiger charge is -2.13. The molecule has 0 aliphatic rings. The van der Waals surface area contributed by atoms with E-state index < -0.39 is 0 Å². The summed E-state index contributed by atoms with van der Waals surface area (Å²) in [6.07, 6.45) is 3.22. The van der Waals surface area contributed by atoms with Gasteiger partial charge in [-0.2, -0.15) is 0 Å². The highest BCUT2D eigenvalue weighted by molar-refractivity contribution is 6.30. The smallest absolute Gasteiger partial charge is 0.244 e. The Hall–Kier alpha value is -2.46. The molecular weight excluding hydrogens is 326 g/mol. The summed E-state index contributed by atoms with van der Waals surface area (Å²) in [6, 6.07) is 12.8. The van der Waals surface area contributed by atoms with Gasteiger partial charge in [0.15, 0.2) is 11.5 Å². The zero-order valence-corrected chi connectivity index (χ0v) is 14.6. The molecule has 0 fully saturated rings. The van der Waals surface area contributed by atoms with Gasteiger partial charge >= 0.3 is 0 Å². The normalized spacial score (nSPS) is 12.0. The molecule has 0 aliphatic carbocycles. The highest BCUT2D eigenvalue weighted by atomic mass is 35.5. The van der Waals surface area contributed by atoms with Crippen molar-refractivity contribution in [3.63, 3.8) is 0 Å². The van der Waals surface area contributed by atoms with E-state index in [2.05, 4.69) is 5.32 Å². The maximum atomic E-state index is 12.1. The number of nitrogens with one attached hydrogen (secondary N) is 1. The van der Waals surface area contributed by atoms with Gasteiger partial charge < -0.3 is 14.8 Å². The number of benzene rings is 2. The fourth-order valence-electron chi connectivity index (χ4n) is 2.22. The van der Waals surface area contributed by atoms with Gasteiger partial charge in [-0.3, -0.25) is 4.79 Å². The van der Waals surface area contributed by atoms with Crippen molar-refractivity contribution in [2.75, 3.05) is 14.2 Å². The Bertz CT molecular complexity index is 726. The van der Waals surface area contributed by atoms with Crippen molar-refractivity contribution in [1.29, 1.82) is 0 Å². The van der Waals surface area contributed by atoms with Crippen LogP contribution in [0.5, 0.6) is 11.5 Å². The molecule has 126 valence electrons. The molecule has 0 bridgehead atoms. The van der Waals surface area contributed by atoms with Gasteiger partial charge in [0.25, 0.3) is 0 Å². The van der Waals surface area contributed by atoms with Crippen molar-refractivity contribution in [3.05, 3.63) is 64.7 Å². The maximum absolute atomic E-state index is 12.1. The molecule has 1 N–H and O–H groups in total. The quantitative estimate of drug-likeness (QED) is 0.796. The molecule has 0 saturated heterocycles. The van der Waals surface area contributed by atoms with E-state index in [-0.39, 0.29) is 11.9 Å². The summed E-state index contributed by atoms with van der Waals surface area (Å²) < 4.78 is 10.4. The van der Waals surface area contributed by atoms with E-state index in [4.69, 9.17) is 21.1 Å². The number of rotatable bonds is 6. The number of halogens is 1. The lowest BCUT2D eigenvalue weighted by atomic mass is 10.1. The van der Waals surface area contributed by atoms with Crippen LogP contribution in [-0.4, -0.2) is 20.1 Å². The van der Waals surface area contributed by atoms with Crippen LogP contribution >= 0.6 is 11.6 Å². The average molecular weight is 346 g/mol. The molecule has 2 aromatic carbocycles. The molecule has 1 amide bonds. The van der Waals surface area contributed by atoms with Crippen LogP contribution in [0, 0.1) is 0 Å². The van der Waals surface area contributed by atoms with Crippen molar-refractivity contribution >= 4 is 23.6 Å². The van der Waals surface area contributed by atoms with Gasteiger partial charge in [-0.25, -0.2) is 0 Å². The van der Waals surface area contributed by atoms with Crippen LogP contribution in [-0.2, 0) is 4.79 Å². The van der Waals surface area contributed by atoms with Crippen molar-refractivity contribution < 1.29 is 14.3 Å². The molecule has 2 rings (SSSR count). The van der Waals surface area contributed by atoms with Crippen molar-refractivity contribution in [2.45, 2.75) is 13.0 Å². The molecule has 0 aromatic heterocycles. The summed E-state index contributed by atoms with van der Waals surface area (Å²) >= 11 is 5.87. The molecule has 0 spiro atoms. The van der Waals surface area contributed by atoms with Crippen LogP contribution in [0.1, 0.15) is 24.1 Å². The minimum atomic E-state index is -0.174. The number of amides is 1. The van der Waals surface area contributed by atoms with Gasteiger partial charge in [-0.15, -0.1) is 0 Å². The van der Waals surface area contributed by atoms with E-state index in [1.54, 1.807) is 38.5 Å². The minimum absolute atomic E-state index is 0.107. The van der Waals surface area contributed by atoms with Gasteiger partial charge in [0.1, 0.15) is 0 Å². The summed E-state index contributed by atoms with van der Waals surface area (Å²) in [7, 11) is 3.16. The van der Waals surface area contributed by atoms with Gasteiger partial charge in [-0.05, 0) is 48.4 Å². The van der Waals surface area contributed by atoms with Crippen LogP contribution in [0.15, 0.2) is 48.5 Å². The lowest BCUT2D eigenvalue weighted by Crippen LogP contribution is -2.24. The van der Waals surface area contributed by atoms with Crippen LogP contribution < -0.4 is 14.8 Å². The van der Waals surface area contributed by atoms with Gasteiger partial charge in [-0.1, -0.05) is 29.8 Å². The average Bonchev–Trinajstić information content (AvgIpc) is 2.60. The van der Waals surface area contributed by atoms with Gasteiger partial charge in [0, 0.05) is 11.1 Å². The van der Waals surface area contributed by atoms with Gasteiger partial charge in [0.2, 0.25) is 5.91 Å². The predicted molar refractivity (Wildman–Crippen MR) is 96.6 cm³/mol. The summed E-state index contributed by atoms with van der Waals surface area (Å²) in [5.41, 5.74) is 1.84. The molecule has 0 radical (unpaired) electrons. The van der Waals surface area contributed by atoms with E-state index >= 15 is 0 Å². The highest BCUT2D eigenvalue weighted by Crippen LogP contribution is 2.28. The first kappa shape index (κ1) is 17.9. The van der Waals surface area contributed by atoms with Crippen molar-refractivity contribution in [1.82, 2.24) is 5.32 Å². The van der Waals surface area contributed by atoms with Crippen LogP contribution in [0.4, 0.5) is 0 Å². The second kappa shape index (κ2) is 8.41. The first-order valence-corrected chi connectivity index (χ1v) is 7.87. The molecule has 0 aliphatic heterocycles. The molecule has 0 heterocycles. The zero-order valence-electron chi connectivity index (χ0n) is 13.9. The molecule has 0 saturated carbocycles. The van der Waals surface area contributed by atoms with Crippen molar-refractivity contribution in [2.24, 2.45) is 0 Å². The SMILES string of the molecule is COc1ccc(/C=C/C(=O)N[C@@H](C)c2ccc(Cl)cc2)cc1OC. The summed E-state index contributed by atoms with van der Waals surface area (Å²) in [5, 5.41) is 3.58. The molecular formula is C19H20ClNO3. The highest BCUT2D eigenvalue weighted by Gasteiger charge is 2.07. The Morgan fingerprint density at radius 1 is 1.08 bits per heavy atom. The van der Waals surface area contributed by atoms with Crippen LogP contribution in [0.2, 0.25) is 5.02 Å². The summed E-state index contributed by atoms with van der Waals surface area (Å²) in [4.78, 5) is 12.1. The Morgan fingerprint density at radius 3 is 2.38 bits per heavy atom. The molecule has 4 nitrogen and oxygen atoms in total. The standard InChI is InChI=1S/C19H20ClNO3/c1-13(15-6-8-16(20)9-7-15)21-19(22)11-5-14-4-10-17(23-2)18(12-14)24-3/h4-13H,1-3H3,(H,21,22)/b11-5+/t13-/m0/s1. The number of hydrogen-bond donors (Lipinski definition) is 1. The number of carbonyl (C=O) groups excluding carboxylic acids is 1. The summed E-state index contributed by atoms with van der Waals surface area (Å²) in [5.74, 6) is 1.09. The Morgan fingerprint density at radius 2 is 1.75 bits per heavy atom. The molecule has 5 heteroatoms. The Labute approximate surface area is 147 Å². The third-order valence-corrected chi connectivity index (χ3v) is 3.82. The third kappa shape index (κ3) is 4.77. The lowest BCUT2D eigenvalue weighted by molar-refractivity contribution is -0.117. The predicted octanol–water partition coefficient (Wildman–Crippen LogP) is 4.25. The Kier molecular flexibility index (Phi) is 6.27. The molecule has 2 aromatic rings. The largest absolute Gasteiger partial charge is 0.493 e. The third-order valence-electron chi connectivity index (χ3n) is 3.56. The molecule has 1 atom stereocenters. The van der Waals surface area contributed by atoms with E-state index in [9.17, 15) is 4.79 Å². The fourth-order valence-corrected chi connectivity index (χ4v) is 2.35. The van der Waals surface area contributed by atoms with Gasteiger partial charge in [0.05, 0.1) is 20.3 Å². The maximum Gasteiger partial charge on any atom is 0.244 e. The van der Waals surface area contributed by atoms with E-state index in [0.717, 1.165) is 11.1 Å². The van der Waals surface area contributed by atoms with E-state index in [1.165, 1.54) is 6.08 Å². The first-order chi connectivity index (χ1) is 11.5. The fraction of sp³-hybridized carbons (Fsp3) is 0.211. The minimum Gasteiger partial charge on any atom is -0.493 e. The van der Waals surface area contributed by atoms with Crippen molar-refractivity contribution in [3.8, 4) is 11.5 Å². The topological polar surface area (TPSA) is 47.6 Å². The Balaban J connectivity index is 2.01. The summed E-state index contributed by atoms with van der Waals surface area (Å²) in [6.45, 7) is 1.92. The monoisotopic (exact) mass is 345 g/mol. The van der Waals surface area contributed by atoms with Crippen LogP contribution in [0.25, 0.3) is 6.08 Å². The number of ether oxygens (including phenoxy) is 2.